The van der Waals surface area contributed by atoms with Crippen molar-refractivity contribution in [1.82, 2.24) is 0 Å². The largest absolute Gasteiger partial charge is 0.323 e. The van der Waals surface area contributed by atoms with E-state index in [9.17, 15) is 4.79 Å². The van der Waals surface area contributed by atoms with Gasteiger partial charge in [0.05, 0.1) is 0 Å². The summed E-state index contributed by atoms with van der Waals surface area (Å²) < 4.78 is 2.06. The van der Waals surface area contributed by atoms with E-state index in [1.165, 1.54) is 0 Å². The molecule has 0 heterocycles. The summed E-state index contributed by atoms with van der Waals surface area (Å²) >= 11 is 5.65. The van der Waals surface area contributed by atoms with Crippen molar-refractivity contribution in [2.45, 2.75) is 6.92 Å². The Kier molecular flexibility index (Phi) is 4.81. The van der Waals surface area contributed by atoms with Crippen molar-refractivity contribution in [3.63, 3.8) is 0 Å². The number of carbonyl (C=O) groups excluding carboxylic acids is 1. The SMILES string of the molecule is Cc1cccc(NC(=O)Nc2ccc(I)c(Br)c2)c1. The van der Waals surface area contributed by atoms with Crippen molar-refractivity contribution in [2.75, 3.05) is 10.6 Å². The van der Waals surface area contributed by atoms with Crippen LogP contribution in [-0.4, -0.2) is 6.03 Å². The van der Waals surface area contributed by atoms with Crippen molar-refractivity contribution in [3.05, 3.63) is 56.1 Å². The molecule has 2 N–H and O–H groups in total. The van der Waals surface area contributed by atoms with Gasteiger partial charge < -0.3 is 10.6 Å². The minimum absolute atomic E-state index is 0.251. The van der Waals surface area contributed by atoms with Crippen molar-refractivity contribution in [1.29, 1.82) is 0 Å². The number of hydrogen-bond acceptors (Lipinski definition) is 1. The molecule has 3 nitrogen and oxygen atoms in total. The van der Waals surface area contributed by atoms with Crippen LogP contribution in [0.4, 0.5) is 16.2 Å². The van der Waals surface area contributed by atoms with Crippen molar-refractivity contribution in [3.8, 4) is 0 Å². The van der Waals surface area contributed by atoms with Crippen LogP contribution < -0.4 is 10.6 Å². The quantitative estimate of drug-likeness (QED) is 0.646. The summed E-state index contributed by atoms with van der Waals surface area (Å²) in [5.41, 5.74) is 2.63. The first kappa shape index (κ1) is 14.3. The van der Waals surface area contributed by atoms with Crippen molar-refractivity contribution in [2.24, 2.45) is 0 Å². The molecule has 0 aromatic heterocycles. The molecule has 0 bridgehead atoms. The van der Waals surface area contributed by atoms with Crippen molar-refractivity contribution < 1.29 is 4.79 Å². The molecule has 98 valence electrons. The average molecular weight is 431 g/mol. The van der Waals surface area contributed by atoms with Gasteiger partial charge in [-0.3, -0.25) is 0 Å². The minimum Gasteiger partial charge on any atom is -0.308 e. The molecule has 0 fully saturated rings. The molecule has 0 unspecified atom stereocenters. The van der Waals surface area contributed by atoms with Crippen LogP contribution in [0, 0.1) is 10.5 Å². The summed E-state index contributed by atoms with van der Waals surface area (Å²) in [7, 11) is 0. The zero-order valence-corrected chi connectivity index (χ0v) is 13.9. The molecule has 0 atom stereocenters. The van der Waals surface area contributed by atoms with Crippen LogP contribution in [0.15, 0.2) is 46.9 Å². The number of urea groups is 1. The van der Waals surface area contributed by atoms with Crippen LogP contribution >= 0.6 is 38.5 Å². The maximum Gasteiger partial charge on any atom is 0.323 e. The third kappa shape index (κ3) is 4.21. The van der Waals surface area contributed by atoms with Gasteiger partial charge in [0.25, 0.3) is 0 Å². The molecular weight excluding hydrogens is 419 g/mol. The van der Waals surface area contributed by atoms with Gasteiger partial charge in [-0.25, -0.2) is 4.79 Å². The van der Waals surface area contributed by atoms with Gasteiger partial charge in [0.2, 0.25) is 0 Å². The molecule has 0 saturated carbocycles. The maximum absolute atomic E-state index is 11.8. The second kappa shape index (κ2) is 6.38. The number of anilines is 2. The summed E-state index contributed by atoms with van der Waals surface area (Å²) in [5.74, 6) is 0. The lowest BCUT2D eigenvalue weighted by molar-refractivity contribution is 0.262. The molecule has 0 spiro atoms. The lowest BCUT2D eigenvalue weighted by atomic mass is 10.2. The van der Waals surface area contributed by atoms with E-state index >= 15 is 0 Å². The van der Waals surface area contributed by atoms with Gasteiger partial charge in [0.15, 0.2) is 0 Å². The molecule has 19 heavy (non-hydrogen) atoms. The molecule has 2 rings (SSSR count). The number of rotatable bonds is 2. The summed E-state index contributed by atoms with van der Waals surface area (Å²) in [6, 6.07) is 13.1. The molecule has 2 aromatic carbocycles. The molecular formula is C14H12BrIN2O. The second-order valence-corrected chi connectivity index (χ2v) is 6.09. The Morgan fingerprint density at radius 3 is 2.42 bits per heavy atom. The molecule has 5 heteroatoms. The van der Waals surface area contributed by atoms with Crippen LogP contribution in [0.25, 0.3) is 0 Å². The predicted octanol–water partition coefficient (Wildman–Crippen LogP) is 5.01. The van der Waals surface area contributed by atoms with Crippen LogP contribution in [0.5, 0.6) is 0 Å². The fourth-order valence-corrected chi connectivity index (χ4v) is 2.30. The average Bonchev–Trinajstić information content (AvgIpc) is 2.34. The van der Waals surface area contributed by atoms with E-state index in [-0.39, 0.29) is 6.03 Å². The van der Waals surface area contributed by atoms with Crippen LogP contribution in [0.3, 0.4) is 0 Å². The summed E-state index contributed by atoms with van der Waals surface area (Å²) in [4.78, 5) is 11.8. The van der Waals surface area contributed by atoms with Gasteiger partial charge in [-0.1, -0.05) is 12.1 Å². The van der Waals surface area contributed by atoms with E-state index in [1.54, 1.807) is 0 Å². The van der Waals surface area contributed by atoms with E-state index < -0.39 is 0 Å². The second-order valence-electron chi connectivity index (χ2n) is 4.08. The summed E-state index contributed by atoms with van der Waals surface area (Å²) in [6.45, 7) is 1.99. The standard InChI is InChI=1S/C14H12BrIN2O/c1-9-3-2-4-10(7-9)17-14(19)18-11-5-6-13(16)12(15)8-11/h2-8H,1H3,(H2,17,18,19). The van der Waals surface area contributed by atoms with Gasteiger partial charge in [0.1, 0.15) is 0 Å². The number of carbonyl (C=O) groups is 1. The maximum atomic E-state index is 11.8. The smallest absolute Gasteiger partial charge is 0.308 e. The topological polar surface area (TPSA) is 41.1 Å². The Morgan fingerprint density at radius 1 is 1.11 bits per heavy atom. The Bertz CT molecular complexity index is 616. The summed E-state index contributed by atoms with van der Waals surface area (Å²) in [5, 5.41) is 5.59. The molecule has 0 radical (unpaired) electrons. The highest BCUT2D eigenvalue weighted by Crippen LogP contribution is 2.23. The number of benzene rings is 2. The van der Waals surface area contributed by atoms with Gasteiger partial charge in [-0.15, -0.1) is 0 Å². The minimum atomic E-state index is -0.251. The Hall–Kier alpha value is -1.08. The van der Waals surface area contributed by atoms with Crippen LogP contribution in [0.1, 0.15) is 5.56 Å². The molecule has 0 aliphatic carbocycles. The zero-order chi connectivity index (χ0) is 13.8. The van der Waals surface area contributed by atoms with Gasteiger partial charge >= 0.3 is 6.03 Å². The molecule has 0 aliphatic heterocycles. The van der Waals surface area contributed by atoms with E-state index in [2.05, 4.69) is 49.2 Å². The Balaban J connectivity index is 2.03. The van der Waals surface area contributed by atoms with E-state index in [4.69, 9.17) is 0 Å². The first-order valence-electron chi connectivity index (χ1n) is 5.64. The van der Waals surface area contributed by atoms with Gasteiger partial charge in [-0.05, 0) is 81.3 Å². The highest BCUT2D eigenvalue weighted by molar-refractivity contribution is 14.1. The monoisotopic (exact) mass is 430 g/mol. The Labute approximate surface area is 134 Å². The number of hydrogen-bond donors (Lipinski definition) is 2. The molecule has 0 saturated heterocycles. The van der Waals surface area contributed by atoms with Crippen LogP contribution in [-0.2, 0) is 0 Å². The molecule has 0 aliphatic rings. The highest BCUT2D eigenvalue weighted by Gasteiger charge is 2.04. The summed E-state index contributed by atoms with van der Waals surface area (Å²) in [6.07, 6.45) is 0. The highest BCUT2D eigenvalue weighted by atomic mass is 127. The van der Waals surface area contributed by atoms with E-state index in [0.717, 1.165) is 25.0 Å². The fraction of sp³-hybridized carbons (Fsp3) is 0.0714. The van der Waals surface area contributed by atoms with E-state index in [1.807, 2.05) is 49.4 Å². The van der Waals surface area contributed by atoms with E-state index in [0.29, 0.717) is 0 Å². The number of amides is 2. The first-order chi connectivity index (χ1) is 9.04. The third-order valence-electron chi connectivity index (χ3n) is 2.45. The fourth-order valence-electron chi connectivity index (χ4n) is 1.59. The lowest BCUT2D eigenvalue weighted by Crippen LogP contribution is -2.19. The van der Waals surface area contributed by atoms with Gasteiger partial charge in [0, 0.05) is 19.4 Å². The predicted molar refractivity (Wildman–Crippen MR) is 90.7 cm³/mol. The molecule has 2 aromatic rings. The zero-order valence-electron chi connectivity index (χ0n) is 10.2. The normalized spacial score (nSPS) is 10.1. The number of halogens is 2. The Morgan fingerprint density at radius 2 is 1.79 bits per heavy atom. The van der Waals surface area contributed by atoms with Gasteiger partial charge in [-0.2, -0.15) is 0 Å². The van der Waals surface area contributed by atoms with Crippen LogP contribution in [0.2, 0.25) is 0 Å². The lowest BCUT2D eigenvalue weighted by Gasteiger charge is -2.09. The third-order valence-corrected chi connectivity index (χ3v) is 4.79. The number of aryl methyl sites for hydroxylation is 1. The number of nitrogens with one attached hydrogen (secondary N) is 2. The molecule has 2 amide bonds. The first-order valence-corrected chi connectivity index (χ1v) is 7.51. The van der Waals surface area contributed by atoms with Crippen molar-refractivity contribution >= 4 is 55.9 Å².